The van der Waals surface area contributed by atoms with Crippen molar-refractivity contribution < 1.29 is 5.11 Å². The second-order valence-corrected chi connectivity index (χ2v) is 4.90. The molecule has 0 aromatic heterocycles. The van der Waals surface area contributed by atoms with Crippen LogP contribution in [0.3, 0.4) is 0 Å². The highest BCUT2D eigenvalue weighted by Gasteiger charge is 2.09. The van der Waals surface area contributed by atoms with E-state index in [1.54, 1.807) is 6.07 Å². The minimum Gasteiger partial charge on any atom is -0.507 e. The normalized spacial score (nSPS) is 11.4. The second kappa shape index (κ2) is 3.58. The lowest BCUT2D eigenvalue weighted by molar-refractivity contribution is 0.472. The van der Waals surface area contributed by atoms with Crippen molar-refractivity contribution in [2.75, 3.05) is 5.32 Å². The predicted octanol–water partition coefficient (Wildman–Crippen LogP) is 3.37. The third kappa shape index (κ3) is 3.27. The molecule has 2 nitrogen and oxygen atoms in total. The Morgan fingerprint density at radius 2 is 1.92 bits per heavy atom. The topological polar surface area (TPSA) is 32.3 Å². The highest BCUT2D eigenvalue weighted by atomic mass is 79.9. The molecule has 0 atom stereocenters. The largest absolute Gasteiger partial charge is 0.507 e. The number of anilines is 1. The summed E-state index contributed by atoms with van der Waals surface area (Å²) in [6.45, 7) is 6.27. The molecule has 0 amide bonds. The molecule has 0 aliphatic heterocycles. The summed E-state index contributed by atoms with van der Waals surface area (Å²) in [4.78, 5) is 0. The van der Waals surface area contributed by atoms with E-state index in [1.807, 2.05) is 12.1 Å². The number of nitrogens with one attached hydrogen (secondary N) is 1. The number of hydrogen-bond acceptors (Lipinski definition) is 2. The lowest BCUT2D eigenvalue weighted by atomic mass is 10.1. The minimum absolute atomic E-state index is 0.0381. The van der Waals surface area contributed by atoms with E-state index in [1.165, 1.54) is 0 Å². The molecular weight excluding hydrogens is 230 g/mol. The number of halogens is 1. The summed E-state index contributed by atoms with van der Waals surface area (Å²) in [6.07, 6.45) is 0. The van der Waals surface area contributed by atoms with Gasteiger partial charge in [-0.3, -0.25) is 0 Å². The van der Waals surface area contributed by atoms with Gasteiger partial charge in [0.1, 0.15) is 5.75 Å². The van der Waals surface area contributed by atoms with Crippen LogP contribution in [-0.4, -0.2) is 10.6 Å². The maximum atomic E-state index is 9.27. The molecule has 0 bridgehead atoms. The van der Waals surface area contributed by atoms with Crippen molar-refractivity contribution in [2.24, 2.45) is 0 Å². The fraction of sp³-hybridized carbons (Fsp3) is 0.400. The molecule has 0 aliphatic carbocycles. The highest BCUT2D eigenvalue weighted by molar-refractivity contribution is 9.10. The van der Waals surface area contributed by atoms with Gasteiger partial charge in [-0.1, -0.05) is 0 Å². The van der Waals surface area contributed by atoms with Crippen LogP contribution in [-0.2, 0) is 0 Å². The maximum absolute atomic E-state index is 9.27. The number of phenolic OH excluding ortho intramolecular Hbond substituents is 1. The third-order valence-corrected chi connectivity index (χ3v) is 2.10. The van der Waals surface area contributed by atoms with E-state index in [-0.39, 0.29) is 11.3 Å². The van der Waals surface area contributed by atoms with Gasteiger partial charge in [0.15, 0.2) is 0 Å². The van der Waals surface area contributed by atoms with Crippen LogP contribution >= 0.6 is 15.9 Å². The zero-order chi connectivity index (χ0) is 10.1. The third-order valence-electron chi connectivity index (χ3n) is 1.47. The van der Waals surface area contributed by atoms with E-state index in [4.69, 9.17) is 0 Å². The maximum Gasteiger partial charge on any atom is 0.129 e. The Hall–Kier alpha value is -0.700. The van der Waals surface area contributed by atoms with Gasteiger partial charge in [0.25, 0.3) is 0 Å². The van der Waals surface area contributed by atoms with E-state index in [2.05, 4.69) is 42.0 Å². The molecule has 0 radical (unpaired) electrons. The van der Waals surface area contributed by atoms with Gasteiger partial charge in [-0.2, -0.15) is 0 Å². The van der Waals surface area contributed by atoms with Crippen molar-refractivity contribution >= 4 is 21.6 Å². The molecule has 0 spiro atoms. The summed E-state index contributed by atoms with van der Waals surface area (Å²) in [5.74, 6) is 0.263. The summed E-state index contributed by atoms with van der Waals surface area (Å²) in [5.41, 5.74) is 1.04. The average Bonchev–Trinajstić information content (AvgIpc) is 1.94. The summed E-state index contributed by atoms with van der Waals surface area (Å²) in [6, 6.07) is 5.38. The molecular formula is C10H14BrNO. The standard InChI is InChI=1S/C10H14BrNO/c1-10(2,3)12-7-4-5-9(13)8(11)6-7/h4-6,12-13H,1-3H3. The summed E-state index contributed by atoms with van der Waals surface area (Å²) in [7, 11) is 0. The highest BCUT2D eigenvalue weighted by Crippen LogP contribution is 2.27. The van der Waals surface area contributed by atoms with Gasteiger partial charge in [-0.15, -0.1) is 0 Å². The summed E-state index contributed by atoms with van der Waals surface area (Å²) < 4.78 is 0.710. The van der Waals surface area contributed by atoms with Crippen LogP contribution in [0.5, 0.6) is 5.75 Å². The first-order valence-electron chi connectivity index (χ1n) is 4.15. The number of aromatic hydroxyl groups is 1. The molecule has 0 aliphatic rings. The van der Waals surface area contributed by atoms with Gasteiger partial charge >= 0.3 is 0 Å². The molecule has 0 saturated heterocycles. The van der Waals surface area contributed by atoms with E-state index in [9.17, 15) is 5.11 Å². The molecule has 1 aromatic rings. The fourth-order valence-electron chi connectivity index (χ4n) is 1.02. The Morgan fingerprint density at radius 3 is 2.38 bits per heavy atom. The van der Waals surface area contributed by atoms with E-state index in [0.29, 0.717) is 4.47 Å². The number of benzene rings is 1. The van der Waals surface area contributed by atoms with E-state index in [0.717, 1.165) is 5.69 Å². The smallest absolute Gasteiger partial charge is 0.129 e. The molecule has 0 unspecified atom stereocenters. The van der Waals surface area contributed by atoms with Crippen LogP contribution in [0.4, 0.5) is 5.69 Å². The first-order chi connectivity index (χ1) is 5.88. The Kier molecular flexibility index (Phi) is 2.86. The first-order valence-corrected chi connectivity index (χ1v) is 4.94. The van der Waals surface area contributed by atoms with Crippen molar-refractivity contribution in [3.8, 4) is 5.75 Å². The number of hydrogen-bond donors (Lipinski definition) is 2. The lowest BCUT2D eigenvalue weighted by Gasteiger charge is -2.22. The fourth-order valence-corrected chi connectivity index (χ4v) is 1.40. The molecule has 3 heteroatoms. The molecule has 13 heavy (non-hydrogen) atoms. The van der Waals surface area contributed by atoms with Gasteiger partial charge in [0.2, 0.25) is 0 Å². The van der Waals surface area contributed by atoms with Crippen molar-refractivity contribution in [2.45, 2.75) is 26.3 Å². The molecule has 0 heterocycles. The average molecular weight is 244 g/mol. The van der Waals surface area contributed by atoms with Gasteiger partial charge in [-0.25, -0.2) is 0 Å². The summed E-state index contributed by atoms with van der Waals surface area (Å²) in [5, 5.41) is 12.6. The first kappa shape index (κ1) is 10.4. The molecule has 0 fully saturated rings. The SMILES string of the molecule is CC(C)(C)Nc1ccc(O)c(Br)c1. The zero-order valence-electron chi connectivity index (χ0n) is 8.06. The number of rotatable bonds is 1. The van der Waals surface area contributed by atoms with E-state index < -0.39 is 0 Å². The van der Waals surface area contributed by atoms with Crippen molar-refractivity contribution in [3.63, 3.8) is 0 Å². The van der Waals surface area contributed by atoms with Crippen molar-refractivity contribution in [1.29, 1.82) is 0 Å². The Balaban J connectivity index is 2.86. The van der Waals surface area contributed by atoms with Crippen LogP contribution in [0, 0.1) is 0 Å². The van der Waals surface area contributed by atoms with Gasteiger partial charge in [0, 0.05) is 11.2 Å². The van der Waals surface area contributed by atoms with Gasteiger partial charge in [-0.05, 0) is 54.9 Å². The monoisotopic (exact) mass is 243 g/mol. The Labute approximate surface area is 87.1 Å². The Bertz CT molecular complexity index is 304. The molecule has 1 aromatic carbocycles. The quantitative estimate of drug-likeness (QED) is 0.742. The lowest BCUT2D eigenvalue weighted by Crippen LogP contribution is -2.25. The Morgan fingerprint density at radius 1 is 1.31 bits per heavy atom. The van der Waals surface area contributed by atoms with E-state index >= 15 is 0 Å². The molecule has 2 N–H and O–H groups in total. The van der Waals surface area contributed by atoms with Crippen LogP contribution in [0.15, 0.2) is 22.7 Å². The molecule has 1 rings (SSSR count). The minimum atomic E-state index is 0.0381. The zero-order valence-corrected chi connectivity index (χ0v) is 9.64. The van der Waals surface area contributed by atoms with Crippen LogP contribution < -0.4 is 5.32 Å². The van der Waals surface area contributed by atoms with Gasteiger partial charge < -0.3 is 10.4 Å². The molecule has 0 saturated carbocycles. The van der Waals surface area contributed by atoms with Crippen molar-refractivity contribution in [3.05, 3.63) is 22.7 Å². The van der Waals surface area contributed by atoms with Gasteiger partial charge in [0.05, 0.1) is 4.47 Å². The second-order valence-electron chi connectivity index (χ2n) is 4.04. The van der Waals surface area contributed by atoms with Crippen LogP contribution in [0.25, 0.3) is 0 Å². The van der Waals surface area contributed by atoms with Crippen LogP contribution in [0.1, 0.15) is 20.8 Å². The predicted molar refractivity (Wildman–Crippen MR) is 59.2 cm³/mol. The van der Waals surface area contributed by atoms with Crippen molar-refractivity contribution in [1.82, 2.24) is 0 Å². The molecule has 72 valence electrons. The van der Waals surface area contributed by atoms with Crippen LogP contribution in [0.2, 0.25) is 0 Å². The number of phenols is 1. The summed E-state index contributed by atoms with van der Waals surface area (Å²) >= 11 is 3.26.